The van der Waals surface area contributed by atoms with E-state index in [1.165, 1.54) is 0 Å². The van der Waals surface area contributed by atoms with Crippen molar-refractivity contribution in [3.05, 3.63) is 36.0 Å². The third-order valence-corrected chi connectivity index (χ3v) is 6.16. The smallest absolute Gasteiger partial charge is 0.339 e. The maximum Gasteiger partial charge on any atom is 0.339 e. The van der Waals surface area contributed by atoms with Gasteiger partial charge in [-0.1, -0.05) is 0 Å². The summed E-state index contributed by atoms with van der Waals surface area (Å²) in [4.78, 5) is 32.5. The molecule has 1 aromatic carbocycles. The van der Waals surface area contributed by atoms with Crippen LogP contribution in [0, 0.1) is 0 Å². The molecule has 2 aliphatic heterocycles. The lowest BCUT2D eigenvalue weighted by atomic mass is 10.1. The van der Waals surface area contributed by atoms with Crippen molar-refractivity contribution in [1.29, 1.82) is 0 Å². The second kappa shape index (κ2) is 8.96. The van der Waals surface area contributed by atoms with E-state index in [1.807, 2.05) is 32.0 Å². The van der Waals surface area contributed by atoms with Crippen LogP contribution in [0.4, 0.5) is 0 Å². The third-order valence-electron chi connectivity index (χ3n) is 6.16. The molecule has 1 saturated heterocycles. The fourth-order valence-electron chi connectivity index (χ4n) is 4.38. The van der Waals surface area contributed by atoms with E-state index in [-0.39, 0.29) is 11.9 Å². The van der Waals surface area contributed by atoms with Crippen molar-refractivity contribution in [3.8, 4) is 22.8 Å². The Kier molecular flexibility index (Phi) is 5.85. The molecule has 1 fully saturated rings. The highest BCUT2D eigenvalue weighted by Crippen LogP contribution is 2.35. The summed E-state index contributed by atoms with van der Waals surface area (Å²) in [5.74, 6) is 0.574. The fourth-order valence-corrected chi connectivity index (χ4v) is 4.38. The van der Waals surface area contributed by atoms with Gasteiger partial charge < -0.3 is 19.1 Å². The molecule has 0 saturated carbocycles. The van der Waals surface area contributed by atoms with Crippen LogP contribution in [-0.4, -0.2) is 63.9 Å². The quantitative estimate of drug-likeness (QED) is 0.532. The highest BCUT2D eigenvalue weighted by atomic mass is 16.6. The lowest BCUT2D eigenvalue weighted by molar-refractivity contribution is -0.138. The highest BCUT2D eigenvalue weighted by molar-refractivity contribution is 6.04. The summed E-state index contributed by atoms with van der Waals surface area (Å²) >= 11 is 0. The number of likely N-dealkylation sites (tertiary alicyclic amines) is 1. The van der Waals surface area contributed by atoms with Crippen LogP contribution in [0.15, 0.2) is 30.5 Å². The van der Waals surface area contributed by atoms with Crippen LogP contribution < -0.4 is 9.47 Å². The molecule has 1 amide bonds. The molecule has 0 spiro atoms. The third kappa shape index (κ3) is 4.06. The lowest BCUT2D eigenvalue weighted by Crippen LogP contribution is -2.38. The van der Waals surface area contributed by atoms with Crippen LogP contribution in [0.3, 0.4) is 0 Å². The van der Waals surface area contributed by atoms with E-state index in [2.05, 4.69) is 5.10 Å². The van der Waals surface area contributed by atoms with Gasteiger partial charge in [-0.25, -0.2) is 14.5 Å². The van der Waals surface area contributed by atoms with Crippen molar-refractivity contribution in [2.45, 2.75) is 45.8 Å². The predicted octanol–water partition coefficient (Wildman–Crippen LogP) is 3.62. The molecule has 9 heteroatoms. The number of rotatable bonds is 5. The van der Waals surface area contributed by atoms with Crippen molar-refractivity contribution in [2.75, 3.05) is 26.3 Å². The SMILES string of the molecule is CC(OC(=O)c1cc(-c2ccc3c(c2)OCCO3)nc2c1cnn2C(C)C)C(=O)N1CCCC1. The van der Waals surface area contributed by atoms with E-state index < -0.39 is 12.1 Å². The number of hydrogen-bond acceptors (Lipinski definition) is 7. The lowest BCUT2D eigenvalue weighted by Gasteiger charge is -2.21. The van der Waals surface area contributed by atoms with Crippen molar-refractivity contribution in [1.82, 2.24) is 19.7 Å². The Morgan fingerprint density at radius 3 is 2.50 bits per heavy atom. The summed E-state index contributed by atoms with van der Waals surface area (Å²) in [6.45, 7) is 8.01. The zero-order valence-electron chi connectivity index (χ0n) is 19.6. The molecule has 5 rings (SSSR count). The van der Waals surface area contributed by atoms with Crippen molar-refractivity contribution < 1.29 is 23.8 Å². The van der Waals surface area contributed by atoms with Gasteiger partial charge in [0.2, 0.25) is 0 Å². The monoisotopic (exact) mass is 464 g/mol. The molecule has 4 heterocycles. The van der Waals surface area contributed by atoms with Gasteiger partial charge in [0, 0.05) is 24.7 Å². The normalized spacial score (nSPS) is 16.2. The van der Waals surface area contributed by atoms with Gasteiger partial charge in [-0.15, -0.1) is 0 Å². The standard InChI is InChI=1S/C25H28N4O5/c1-15(2)29-23-19(14-26-29)18(25(31)34-16(3)24(30)28-8-4-5-9-28)13-20(27-23)17-6-7-21-22(12-17)33-11-10-32-21/h6-7,12-16H,4-5,8-11H2,1-3H3. The van der Waals surface area contributed by atoms with E-state index in [4.69, 9.17) is 19.2 Å². The predicted molar refractivity (Wildman–Crippen MR) is 125 cm³/mol. The second-order valence-corrected chi connectivity index (χ2v) is 8.91. The van der Waals surface area contributed by atoms with Crippen molar-refractivity contribution >= 4 is 22.9 Å². The number of benzene rings is 1. The van der Waals surface area contributed by atoms with E-state index >= 15 is 0 Å². The van der Waals surface area contributed by atoms with Crippen LogP contribution in [0.2, 0.25) is 0 Å². The maximum absolute atomic E-state index is 13.3. The summed E-state index contributed by atoms with van der Waals surface area (Å²) in [6.07, 6.45) is 2.71. The number of hydrogen-bond donors (Lipinski definition) is 0. The van der Waals surface area contributed by atoms with E-state index in [1.54, 1.807) is 28.8 Å². The first-order valence-corrected chi connectivity index (χ1v) is 11.7. The average molecular weight is 465 g/mol. The highest BCUT2D eigenvalue weighted by Gasteiger charge is 2.28. The van der Waals surface area contributed by atoms with Gasteiger partial charge in [0.05, 0.1) is 22.8 Å². The Morgan fingerprint density at radius 1 is 1.03 bits per heavy atom. The molecule has 0 radical (unpaired) electrons. The summed E-state index contributed by atoms with van der Waals surface area (Å²) in [5.41, 5.74) is 2.26. The number of amides is 1. The number of ether oxygens (including phenoxy) is 3. The van der Waals surface area contributed by atoms with E-state index in [0.29, 0.717) is 60.1 Å². The summed E-state index contributed by atoms with van der Waals surface area (Å²) in [5, 5.41) is 5.03. The van der Waals surface area contributed by atoms with Gasteiger partial charge in [0.25, 0.3) is 5.91 Å². The molecule has 0 aliphatic carbocycles. The minimum atomic E-state index is -0.869. The topological polar surface area (TPSA) is 95.8 Å². The molecule has 0 N–H and O–H groups in total. The number of aromatic nitrogens is 3. The summed E-state index contributed by atoms with van der Waals surface area (Å²) in [6, 6.07) is 7.31. The van der Waals surface area contributed by atoms with Gasteiger partial charge in [0.15, 0.2) is 23.3 Å². The number of nitrogens with zero attached hydrogens (tertiary/aromatic N) is 4. The Morgan fingerprint density at radius 2 is 1.76 bits per heavy atom. The molecule has 1 atom stereocenters. The zero-order valence-corrected chi connectivity index (χ0v) is 19.6. The molecule has 0 bridgehead atoms. The number of pyridine rings is 1. The van der Waals surface area contributed by atoms with Crippen LogP contribution in [0.25, 0.3) is 22.3 Å². The van der Waals surface area contributed by atoms with Crippen LogP contribution in [0.5, 0.6) is 11.5 Å². The van der Waals surface area contributed by atoms with E-state index in [0.717, 1.165) is 18.4 Å². The average Bonchev–Trinajstić information content (AvgIpc) is 3.53. The molecule has 2 aliphatic rings. The first kappa shape index (κ1) is 22.2. The molecule has 9 nitrogen and oxygen atoms in total. The molecule has 178 valence electrons. The Balaban J connectivity index is 1.53. The zero-order chi connectivity index (χ0) is 23.8. The van der Waals surface area contributed by atoms with Crippen molar-refractivity contribution in [2.24, 2.45) is 0 Å². The van der Waals surface area contributed by atoms with Gasteiger partial charge in [-0.3, -0.25) is 4.79 Å². The number of carbonyl (C=O) groups excluding carboxylic acids is 2. The fraction of sp³-hybridized carbons (Fsp3) is 0.440. The molecular weight excluding hydrogens is 436 g/mol. The maximum atomic E-state index is 13.3. The first-order chi connectivity index (χ1) is 16.4. The van der Waals surface area contributed by atoms with Gasteiger partial charge in [-0.2, -0.15) is 5.10 Å². The molecule has 3 aromatic rings. The Hall–Kier alpha value is -3.62. The minimum absolute atomic E-state index is 0.0417. The largest absolute Gasteiger partial charge is 0.486 e. The molecule has 2 aromatic heterocycles. The minimum Gasteiger partial charge on any atom is -0.486 e. The number of fused-ring (bicyclic) bond motifs is 2. The van der Waals surface area contributed by atoms with Crippen LogP contribution in [-0.2, 0) is 9.53 Å². The van der Waals surface area contributed by atoms with E-state index in [9.17, 15) is 9.59 Å². The van der Waals surface area contributed by atoms with Crippen LogP contribution >= 0.6 is 0 Å². The molecular formula is C25H28N4O5. The molecule has 1 unspecified atom stereocenters. The second-order valence-electron chi connectivity index (χ2n) is 8.91. The first-order valence-electron chi connectivity index (χ1n) is 11.7. The van der Waals surface area contributed by atoms with Gasteiger partial charge >= 0.3 is 5.97 Å². The number of carbonyl (C=O) groups is 2. The van der Waals surface area contributed by atoms with Crippen LogP contribution in [0.1, 0.15) is 50.0 Å². The van der Waals surface area contributed by atoms with Crippen molar-refractivity contribution in [3.63, 3.8) is 0 Å². The summed E-state index contributed by atoms with van der Waals surface area (Å²) < 4.78 is 18.7. The van der Waals surface area contributed by atoms with Gasteiger partial charge in [0.1, 0.15) is 13.2 Å². The number of esters is 1. The Labute approximate surface area is 197 Å². The molecule has 34 heavy (non-hydrogen) atoms. The summed E-state index contributed by atoms with van der Waals surface area (Å²) in [7, 11) is 0. The van der Waals surface area contributed by atoms with Gasteiger partial charge in [-0.05, 0) is 57.9 Å². The Bertz CT molecular complexity index is 1250.